The van der Waals surface area contributed by atoms with E-state index in [9.17, 15) is 33.4 Å². The van der Waals surface area contributed by atoms with Crippen LogP contribution in [0.1, 0.15) is 65.7 Å². The molecule has 0 aliphatic carbocycles. The lowest BCUT2D eigenvalue weighted by atomic mass is 9.92. The van der Waals surface area contributed by atoms with Crippen molar-refractivity contribution in [1.29, 1.82) is 0 Å². The van der Waals surface area contributed by atoms with E-state index in [1.54, 1.807) is 62.6 Å². The molecule has 9 nitrogen and oxygen atoms in total. The van der Waals surface area contributed by atoms with Gasteiger partial charge in [0.2, 0.25) is 0 Å². The van der Waals surface area contributed by atoms with Gasteiger partial charge in [-0.2, -0.15) is 0 Å². The number of nitrogens with zero attached hydrogens (tertiary/aromatic N) is 2. The van der Waals surface area contributed by atoms with Gasteiger partial charge in [0, 0.05) is 48.2 Å². The molecule has 254 valence electrons. The number of methoxy groups -OCH3 is 1. The molecule has 1 aromatic heterocycles. The number of ether oxygens (including phenoxy) is 1. The Morgan fingerprint density at radius 3 is 2.00 bits per heavy atom. The number of esters is 1. The van der Waals surface area contributed by atoms with Gasteiger partial charge in [-0.3, -0.25) is 14.4 Å². The van der Waals surface area contributed by atoms with Gasteiger partial charge >= 0.3 is 5.97 Å². The van der Waals surface area contributed by atoms with Crippen LogP contribution in [0, 0.1) is 11.6 Å². The van der Waals surface area contributed by atoms with Crippen LogP contribution in [0.4, 0.5) is 14.5 Å². The average molecular weight is 662 g/mol. The van der Waals surface area contributed by atoms with E-state index in [1.807, 2.05) is 18.4 Å². The quantitative estimate of drug-likeness (QED) is 0.146. The smallest absolute Gasteiger partial charge is 0.308 e. The molecular formula is C37H41F2N3O6. The third-order valence-electron chi connectivity index (χ3n) is 7.97. The summed E-state index contributed by atoms with van der Waals surface area (Å²) < 4.78 is 34.8. The minimum atomic E-state index is -1.12. The van der Waals surface area contributed by atoms with Crippen LogP contribution in [0.25, 0.3) is 22.3 Å². The van der Waals surface area contributed by atoms with Crippen LogP contribution in [-0.4, -0.2) is 70.9 Å². The molecule has 0 radical (unpaired) electrons. The Kier molecular flexibility index (Phi) is 11.9. The molecule has 2 amide bonds. The highest BCUT2D eigenvalue weighted by Crippen LogP contribution is 2.43. The van der Waals surface area contributed by atoms with Gasteiger partial charge in [0.25, 0.3) is 11.8 Å². The van der Waals surface area contributed by atoms with E-state index < -0.39 is 35.7 Å². The van der Waals surface area contributed by atoms with E-state index in [0.717, 1.165) is 0 Å². The number of carbonyl (C=O) groups is 3. The van der Waals surface area contributed by atoms with Gasteiger partial charge in [-0.05, 0) is 86.7 Å². The van der Waals surface area contributed by atoms with Gasteiger partial charge in [0.15, 0.2) is 0 Å². The molecule has 0 bridgehead atoms. The maximum atomic E-state index is 14.4. The number of anilines is 1. The predicted octanol–water partition coefficient (Wildman–Crippen LogP) is 6.24. The lowest BCUT2D eigenvalue weighted by Crippen LogP contribution is -2.23. The lowest BCUT2D eigenvalue weighted by Gasteiger charge is -2.20. The molecule has 0 saturated heterocycles. The summed E-state index contributed by atoms with van der Waals surface area (Å²) in [5.41, 5.74) is 3.86. The van der Waals surface area contributed by atoms with Crippen molar-refractivity contribution in [3.05, 3.63) is 101 Å². The second-order valence-electron chi connectivity index (χ2n) is 12.1. The zero-order chi connectivity index (χ0) is 35.1. The molecular weight excluding hydrogens is 620 g/mol. The first-order valence-corrected chi connectivity index (χ1v) is 15.7. The van der Waals surface area contributed by atoms with Crippen LogP contribution < -0.4 is 5.32 Å². The number of carbonyl (C=O) groups excluding carboxylic acids is 3. The van der Waals surface area contributed by atoms with Crippen molar-refractivity contribution in [3.8, 4) is 22.3 Å². The van der Waals surface area contributed by atoms with Gasteiger partial charge in [-0.25, -0.2) is 8.78 Å². The Hall–Kier alpha value is -4.87. The summed E-state index contributed by atoms with van der Waals surface area (Å²) in [7, 11) is 4.48. The van der Waals surface area contributed by atoms with Gasteiger partial charge in [0.05, 0.1) is 25.7 Å². The number of rotatable bonds is 13. The molecule has 2 atom stereocenters. The Balaban J connectivity index is 1.89. The molecule has 0 saturated carbocycles. The fourth-order valence-corrected chi connectivity index (χ4v) is 5.77. The molecule has 0 spiro atoms. The first-order valence-electron chi connectivity index (χ1n) is 15.7. The first-order chi connectivity index (χ1) is 22.8. The van der Waals surface area contributed by atoms with Crippen molar-refractivity contribution in [2.45, 2.75) is 57.8 Å². The molecule has 0 aliphatic rings. The van der Waals surface area contributed by atoms with Crippen LogP contribution in [-0.2, 0) is 16.0 Å². The molecule has 3 N–H and O–H groups in total. The number of nitrogens with one attached hydrogen (secondary N) is 1. The zero-order valence-electron chi connectivity index (χ0n) is 27.7. The van der Waals surface area contributed by atoms with Crippen molar-refractivity contribution in [2.24, 2.45) is 0 Å². The summed E-state index contributed by atoms with van der Waals surface area (Å²) in [6.07, 6.45) is -2.09. The Morgan fingerprint density at radius 1 is 0.875 bits per heavy atom. The fraction of sp³-hybridized carbons (Fsp3) is 0.324. The van der Waals surface area contributed by atoms with E-state index in [2.05, 4.69) is 10.1 Å². The second-order valence-corrected chi connectivity index (χ2v) is 12.1. The number of halogens is 2. The van der Waals surface area contributed by atoms with Gasteiger partial charge in [-0.15, -0.1) is 0 Å². The number of amides is 2. The van der Waals surface area contributed by atoms with E-state index in [1.165, 1.54) is 36.3 Å². The van der Waals surface area contributed by atoms with E-state index in [4.69, 9.17) is 0 Å². The molecule has 0 aliphatic heterocycles. The molecule has 1 heterocycles. The Bertz CT molecular complexity index is 1750. The van der Waals surface area contributed by atoms with E-state index in [-0.39, 0.29) is 43.3 Å². The van der Waals surface area contributed by atoms with Gasteiger partial charge < -0.3 is 29.7 Å². The predicted molar refractivity (Wildman–Crippen MR) is 180 cm³/mol. The number of hydrogen-bond acceptors (Lipinski definition) is 6. The highest BCUT2D eigenvalue weighted by Gasteiger charge is 2.31. The SMILES string of the molecule is COC(=O)C[C@H](O)C[C@H](O)CCc1c(-c2ccc(F)cc2)c(-c2ccc(F)cc2)c(C(=O)Nc2cccc(C(=O)N(C)C)c2)n1C(C)C. The number of aliphatic hydroxyl groups is 2. The average Bonchev–Trinajstić information content (AvgIpc) is 3.39. The topological polar surface area (TPSA) is 121 Å². The third-order valence-corrected chi connectivity index (χ3v) is 7.97. The van der Waals surface area contributed by atoms with E-state index in [0.29, 0.717) is 39.2 Å². The number of benzene rings is 3. The van der Waals surface area contributed by atoms with Crippen LogP contribution in [0.15, 0.2) is 72.8 Å². The highest BCUT2D eigenvalue weighted by atomic mass is 19.1. The molecule has 0 fully saturated rings. The summed E-state index contributed by atoms with van der Waals surface area (Å²) in [5.74, 6) is -2.25. The van der Waals surface area contributed by atoms with Crippen molar-refractivity contribution in [1.82, 2.24) is 9.47 Å². The lowest BCUT2D eigenvalue weighted by molar-refractivity contribution is -0.143. The Morgan fingerprint density at radius 2 is 1.46 bits per heavy atom. The summed E-state index contributed by atoms with van der Waals surface area (Å²) in [5, 5.41) is 24.2. The summed E-state index contributed by atoms with van der Waals surface area (Å²) in [6.45, 7) is 3.80. The van der Waals surface area contributed by atoms with Crippen molar-refractivity contribution >= 4 is 23.5 Å². The van der Waals surface area contributed by atoms with Crippen molar-refractivity contribution in [2.75, 3.05) is 26.5 Å². The molecule has 4 aromatic rings. The molecule has 4 rings (SSSR count). The fourth-order valence-electron chi connectivity index (χ4n) is 5.77. The summed E-state index contributed by atoms with van der Waals surface area (Å²) in [4.78, 5) is 40.1. The summed E-state index contributed by atoms with van der Waals surface area (Å²) >= 11 is 0. The molecule has 0 unspecified atom stereocenters. The highest BCUT2D eigenvalue weighted by molar-refractivity contribution is 6.11. The second kappa shape index (κ2) is 15.8. The number of aliphatic hydroxyl groups excluding tert-OH is 2. The monoisotopic (exact) mass is 661 g/mol. The molecule has 48 heavy (non-hydrogen) atoms. The zero-order valence-corrected chi connectivity index (χ0v) is 27.7. The minimum absolute atomic E-state index is 0.0798. The van der Waals surface area contributed by atoms with Crippen LogP contribution in [0.2, 0.25) is 0 Å². The van der Waals surface area contributed by atoms with E-state index >= 15 is 0 Å². The third kappa shape index (κ3) is 8.53. The molecule has 3 aromatic carbocycles. The van der Waals surface area contributed by atoms with Crippen LogP contribution >= 0.6 is 0 Å². The Labute approximate surface area is 278 Å². The first kappa shape index (κ1) is 36.0. The van der Waals surface area contributed by atoms with Gasteiger partial charge in [0.1, 0.15) is 17.3 Å². The standard InChI is InChI=1S/C37H41F2N3O6/c1-22(2)42-31(18-17-29(43)20-30(44)21-32(45)48-5)33(23-9-13-26(38)14-10-23)34(24-11-15-27(39)16-12-24)35(42)36(46)40-28-8-6-7-25(19-28)37(47)41(3)4/h6-16,19,22,29-30,43-44H,17-18,20-21H2,1-5H3,(H,40,46)/t29-,30-/m1/s1. The number of aromatic nitrogens is 1. The molecule has 11 heteroatoms. The van der Waals surface area contributed by atoms with Crippen LogP contribution in [0.3, 0.4) is 0 Å². The minimum Gasteiger partial charge on any atom is -0.469 e. The van der Waals surface area contributed by atoms with Crippen molar-refractivity contribution in [3.63, 3.8) is 0 Å². The maximum Gasteiger partial charge on any atom is 0.308 e. The largest absolute Gasteiger partial charge is 0.469 e. The normalized spacial score (nSPS) is 12.5. The summed E-state index contributed by atoms with van der Waals surface area (Å²) in [6, 6.07) is 17.8. The maximum absolute atomic E-state index is 14.4. The van der Waals surface area contributed by atoms with Gasteiger partial charge in [-0.1, -0.05) is 30.3 Å². The van der Waals surface area contributed by atoms with Crippen LogP contribution in [0.5, 0.6) is 0 Å². The number of hydrogen-bond donors (Lipinski definition) is 3. The van der Waals surface area contributed by atoms with Crippen molar-refractivity contribution < 1.29 is 38.1 Å².